The number of nitrogens with zero attached hydrogens (tertiary/aromatic N) is 2. The lowest BCUT2D eigenvalue weighted by Gasteiger charge is -2.37. The highest BCUT2D eigenvalue weighted by Gasteiger charge is 2.26. The van der Waals surface area contributed by atoms with Crippen molar-refractivity contribution in [2.45, 2.75) is 32.1 Å². The van der Waals surface area contributed by atoms with Crippen LogP contribution in [0.3, 0.4) is 0 Å². The van der Waals surface area contributed by atoms with Gasteiger partial charge < -0.3 is 14.5 Å². The summed E-state index contributed by atoms with van der Waals surface area (Å²) >= 11 is 0. The van der Waals surface area contributed by atoms with Gasteiger partial charge in [-0.25, -0.2) is 13.1 Å². The summed E-state index contributed by atoms with van der Waals surface area (Å²) in [5, 5.41) is 0. The van der Waals surface area contributed by atoms with E-state index in [0.717, 1.165) is 13.1 Å². The largest absolute Gasteiger partial charge is 0.495 e. The van der Waals surface area contributed by atoms with Gasteiger partial charge >= 0.3 is 0 Å². The third-order valence-electron chi connectivity index (χ3n) is 5.73. The minimum atomic E-state index is -3.76. The summed E-state index contributed by atoms with van der Waals surface area (Å²) in [5.74, 6) is 0.0510. The Morgan fingerprint density at radius 1 is 1.10 bits per heavy atom. The van der Waals surface area contributed by atoms with Gasteiger partial charge in [-0.15, -0.1) is 0 Å². The third kappa shape index (κ3) is 5.02. The molecule has 31 heavy (non-hydrogen) atoms. The summed E-state index contributed by atoms with van der Waals surface area (Å²) in [6.07, 6.45) is 0.671. The molecule has 0 aliphatic carbocycles. The number of amides is 1. The van der Waals surface area contributed by atoms with Gasteiger partial charge in [0.25, 0.3) is 5.91 Å². The van der Waals surface area contributed by atoms with Crippen LogP contribution in [0.1, 0.15) is 34.8 Å². The summed E-state index contributed by atoms with van der Waals surface area (Å²) in [6, 6.07) is 10.8. The first-order chi connectivity index (χ1) is 14.8. The van der Waals surface area contributed by atoms with Crippen LogP contribution >= 0.6 is 0 Å². The fraction of sp³-hybridized carbons (Fsp3) is 0.435. The molecule has 2 aromatic rings. The van der Waals surface area contributed by atoms with E-state index in [-0.39, 0.29) is 16.6 Å². The predicted molar refractivity (Wildman–Crippen MR) is 123 cm³/mol. The van der Waals surface area contributed by atoms with E-state index in [2.05, 4.69) is 41.7 Å². The van der Waals surface area contributed by atoms with Crippen molar-refractivity contribution >= 4 is 21.6 Å². The molecule has 0 atom stereocenters. The van der Waals surface area contributed by atoms with E-state index in [1.807, 2.05) is 6.92 Å². The van der Waals surface area contributed by atoms with Gasteiger partial charge in [-0.3, -0.25) is 4.79 Å². The zero-order valence-corrected chi connectivity index (χ0v) is 19.5. The van der Waals surface area contributed by atoms with Crippen molar-refractivity contribution < 1.29 is 17.9 Å². The second-order valence-corrected chi connectivity index (χ2v) is 9.50. The molecule has 168 valence electrons. The average molecular weight is 446 g/mol. The molecule has 0 aromatic heterocycles. The summed E-state index contributed by atoms with van der Waals surface area (Å²) in [6.45, 7) is 9.05. The molecular weight excluding hydrogens is 414 g/mol. The number of anilines is 1. The Morgan fingerprint density at radius 2 is 1.81 bits per heavy atom. The van der Waals surface area contributed by atoms with Gasteiger partial charge in [-0.1, -0.05) is 19.1 Å². The number of carbonyl (C=O) groups is 1. The van der Waals surface area contributed by atoms with Crippen LogP contribution in [0, 0.1) is 13.8 Å². The van der Waals surface area contributed by atoms with Crippen molar-refractivity contribution in [1.29, 1.82) is 0 Å². The molecule has 1 fully saturated rings. The van der Waals surface area contributed by atoms with Crippen molar-refractivity contribution in [3.8, 4) is 5.75 Å². The number of aryl methyl sites for hydroxylation is 1. The molecule has 2 aromatic carbocycles. The maximum absolute atomic E-state index is 13.1. The molecular formula is C23H31N3O4S. The number of hydrogen-bond acceptors (Lipinski definition) is 5. The first-order valence-corrected chi connectivity index (χ1v) is 12.0. The van der Waals surface area contributed by atoms with Crippen LogP contribution in [0.2, 0.25) is 0 Å². The molecule has 0 spiro atoms. The third-order valence-corrected chi connectivity index (χ3v) is 7.21. The maximum Gasteiger partial charge on any atom is 0.254 e. The van der Waals surface area contributed by atoms with E-state index in [1.165, 1.54) is 30.0 Å². The van der Waals surface area contributed by atoms with Crippen molar-refractivity contribution in [3.05, 3.63) is 53.1 Å². The van der Waals surface area contributed by atoms with E-state index in [1.54, 1.807) is 17.0 Å². The fourth-order valence-corrected chi connectivity index (χ4v) is 5.07. The molecule has 7 nitrogen and oxygen atoms in total. The Bertz CT molecular complexity index is 1040. The smallest absolute Gasteiger partial charge is 0.254 e. The highest BCUT2D eigenvalue weighted by molar-refractivity contribution is 7.89. The van der Waals surface area contributed by atoms with Crippen LogP contribution < -0.4 is 14.4 Å². The monoisotopic (exact) mass is 445 g/mol. The minimum Gasteiger partial charge on any atom is -0.495 e. The van der Waals surface area contributed by atoms with E-state index in [0.29, 0.717) is 31.6 Å². The van der Waals surface area contributed by atoms with Gasteiger partial charge in [-0.05, 0) is 55.7 Å². The van der Waals surface area contributed by atoms with E-state index >= 15 is 0 Å². The number of ether oxygens (including phenoxy) is 1. The lowest BCUT2D eigenvalue weighted by Crippen LogP contribution is -2.49. The lowest BCUT2D eigenvalue weighted by molar-refractivity contribution is 0.0746. The number of methoxy groups -OCH3 is 1. The van der Waals surface area contributed by atoms with Crippen molar-refractivity contribution in [1.82, 2.24) is 9.62 Å². The van der Waals surface area contributed by atoms with E-state index in [9.17, 15) is 13.2 Å². The zero-order chi connectivity index (χ0) is 22.6. The molecule has 1 amide bonds. The summed E-state index contributed by atoms with van der Waals surface area (Å²) in [7, 11) is -2.34. The standard InChI is InChI=1S/C23H31N3O4S/c1-5-11-24-31(28,29)22-16-19(9-10-21(22)30-4)23(27)26-14-12-25(13-15-26)20-8-6-7-17(2)18(20)3/h6-10,16,24H,5,11-15H2,1-4H3. The van der Waals surface area contributed by atoms with Gasteiger partial charge in [-0.2, -0.15) is 0 Å². The number of hydrogen-bond donors (Lipinski definition) is 1. The normalized spacial score (nSPS) is 14.6. The number of carbonyl (C=O) groups excluding carboxylic acids is 1. The maximum atomic E-state index is 13.1. The van der Waals surface area contributed by atoms with Crippen molar-refractivity contribution in [2.75, 3.05) is 44.7 Å². The molecule has 8 heteroatoms. The molecule has 1 heterocycles. The first-order valence-electron chi connectivity index (χ1n) is 10.6. The highest BCUT2D eigenvalue weighted by atomic mass is 32.2. The molecule has 0 unspecified atom stereocenters. The van der Waals surface area contributed by atoms with Crippen LogP contribution in [0.4, 0.5) is 5.69 Å². The van der Waals surface area contributed by atoms with Gasteiger partial charge in [0.15, 0.2) is 0 Å². The van der Waals surface area contributed by atoms with Gasteiger partial charge in [0.05, 0.1) is 7.11 Å². The summed E-state index contributed by atoms with van der Waals surface area (Å²) in [4.78, 5) is 17.2. The Labute approximate surface area is 185 Å². The molecule has 1 aliphatic heterocycles. The number of sulfonamides is 1. The van der Waals surface area contributed by atoms with Crippen LogP contribution in [0.25, 0.3) is 0 Å². The van der Waals surface area contributed by atoms with Crippen molar-refractivity contribution in [3.63, 3.8) is 0 Å². The second-order valence-electron chi connectivity index (χ2n) is 7.76. The molecule has 1 N–H and O–H groups in total. The van der Waals surface area contributed by atoms with Gasteiger partial charge in [0, 0.05) is 44.0 Å². The predicted octanol–water partition coefficient (Wildman–Crippen LogP) is 2.96. The molecule has 3 rings (SSSR count). The summed E-state index contributed by atoms with van der Waals surface area (Å²) < 4.78 is 33.1. The van der Waals surface area contributed by atoms with E-state index in [4.69, 9.17) is 4.74 Å². The number of rotatable bonds is 7. The number of nitrogens with one attached hydrogen (secondary N) is 1. The minimum absolute atomic E-state index is 0.0108. The molecule has 0 saturated carbocycles. The molecule has 0 bridgehead atoms. The van der Waals surface area contributed by atoms with Crippen LogP contribution in [0.15, 0.2) is 41.3 Å². The first kappa shape index (κ1) is 23.1. The Morgan fingerprint density at radius 3 is 2.45 bits per heavy atom. The van der Waals surface area contributed by atoms with Gasteiger partial charge in [0.1, 0.15) is 10.6 Å². The Hall–Kier alpha value is -2.58. The SMILES string of the molecule is CCCNS(=O)(=O)c1cc(C(=O)N2CCN(c3cccc(C)c3C)CC2)ccc1OC. The Kier molecular flexibility index (Phi) is 7.23. The molecule has 0 radical (unpaired) electrons. The van der Waals surface area contributed by atoms with Crippen molar-refractivity contribution in [2.24, 2.45) is 0 Å². The summed E-state index contributed by atoms with van der Waals surface area (Å²) in [5.41, 5.74) is 4.05. The second kappa shape index (κ2) is 9.70. The molecule has 1 aliphatic rings. The number of piperazine rings is 1. The lowest BCUT2D eigenvalue weighted by atomic mass is 10.1. The van der Waals surface area contributed by atoms with E-state index < -0.39 is 10.0 Å². The fourth-order valence-electron chi connectivity index (χ4n) is 3.75. The molecule has 1 saturated heterocycles. The van der Waals surface area contributed by atoms with Gasteiger partial charge in [0.2, 0.25) is 10.0 Å². The quantitative estimate of drug-likeness (QED) is 0.709. The number of benzene rings is 2. The average Bonchev–Trinajstić information content (AvgIpc) is 2.79. The van der Waals surface area contributed by atoms with Crippen LogP contribution in [-0.2, 0) is 10.0 Å². The Balaban J connectivity index is 1.76. The highest BCUT2D eigenvalue weighted by Crippen LogP contribution is 2.27. The topological polar surface area (TPSA) is 79.0 Å². The van der Waals surface area contributed by atoms with Crippen LogP contribution in [-0.4, -0.2) is 59.1 Å². The van der Waals surface area contributed by atoms with Crippen LogP contribution in [0.5, 0.6) is 5.75 Å². The zero-order valence-electron chi connectivity index (χ0n) is 18.6.